The molecule has 0 spiro atoms. The first-order valence-corrected chi connectivity index (χ1v) is 7.54. The van der Waals surface area contributed by atoms with Gasteiger partial charge in [-0.1, -0.05) is 25.1 Å². The van der Waals surface area contributed by atoms with E-state index in [1.807, 2.05) is 31.2 Å². The van der Waals surface area contributed by atoms with Crippen molar-refractivity contribution in [1.29, 1.82) is 0 Å². The first-order valence-electron chi connectivity index (χ1n) is 7.54. The molecule has 5 heteroatoms. The van der Waals surface area contributed by atoms with Crippen LogP contribution in [0.4, 0.5) is 8.78 Å². The van der Waals surface area contributed by atoms with Gasteiger partial charge in [-0.2, -0.15) is 0 Å². The SMILES string of the molecule is CCC(NC(CO)c1cccc(OC)c1)c1ccc(F)cc1F. The average molecular weight is 321 g/mol. The van der Waals surface area contributed by atoms with Crippen molar-refractivity contribution in [1.82, 2.24) is 5.32 Å². The lowest BCUT2D eigenvalue weighted by Crippen LogP contribution is -2.29. The number of ether oxygens (including phenoxy) is 1. The highest BCUT2D eigenvalue weighted by Gasteiger charge is 2.20. The Kier molecular flexibility index (Phi) is 6.07. The van der Waals surface area contributed by atoms with Crippen molar-refractivity contribution in [2.75, 3.05) is 13.7 Å². The second-order valence-corrected chi connectivity index (χ2v) is 5.31. The zero-order chi connectivity index (χ0) is 16.8. The van der Waals surface area contributed by atoms with Crippen LogP contribution in [-0.2, 0) is 0 Å². The number of hydrogen-bond acceptors (Lipinski definition) is 3. The minimum atomic E-state index is -0.604. The Morgan fingerprint density at radius 2 is 1.91 bits per heavy atom. The van der Waals surface area contributed by atoms with E-state index in [1.165, 1.54) is 12.1 Å². The number of halogens is 2. The summed E-state index contributed by atoms with van der Waals surface area (Å²) in [5.74, 6) is -0.511. The van der Waals surface area contributed by atoms with E-state index in [4.69, 9.17) is 4.74 Å². The summed E-state index contributed by atoms with van der Waals surface area (Å²) in [7, 11) is 1.57. The molecule has 23 heavy (non-hydrogen) atoms. The molecule has 0 saturated carbocycles. The number of hydrogen-bond donors (Lipinski definition) is 2. The number of nitrogens with one attached hydrogen (secondary N) is 1. The maximum absolute atomic E-state index is 14.0. The van der Waals surface area contributed by atoms with E-state index in [0.29, 0.717) is 17.7 Å². The second-order valence-electron chi connectivity index (χ2n) is 5.31. The predicted molar refractivity (Wildman–Crippen MR) is 85.3 cm³/mol. The average Bonchev–Trinajstić information content (AvgIpc) is 2.57. The van der Waals surface area contributed by atoms with Gasteiger partial charge < -0.3 is 15.2 Å². The summed E-state index contributed by atoms with van der Waals surface area (Å²) in [6.45, 7) is 1.76. The van der Waals surface area contributed by atoms with E-state index in [2.05, 4.69) is 5.32 Å². The van der Waals surface area contributed by atoms with Crippen LogP contribution in [0.25, 0.3) is 0 Å². The van der Waals surface area contributed by atoms with Crippen LogP contribution in [-0.4, -0.2) is 18.8 Å². The number of rotatable bonds is 7. The highest BCUT2D eigenvalue weighted by molar-refractivity contribution is 5.31. The van der Waals surface area contributed by atoms with Crippen LogP contribution in [0, 0.1) is 11.6 Å². The summed E-state index contributed by atoms with van der Waals surface area (Å²) in [6, 6.07) is 10.2. The molecule has 0 radical (unpaired) electrons. The number of benzene rings is 2. The van der Waals surface area contributed by atoms with Gasteiger partial charge in [-0.15, -0.1) is 0 Å². The molecule has 0 bridgehead atoms. The van der Waals surface area contributed by atoms with Crippen molar-refractivity contribution < 1.29 is 18.6 Å². The summed E-state index contributed by atoms with van der Waals surface area (Å²) in [6.07, 6.45) is 0.600. The van der Waals surface area contributed by atoms with Gasteiger partial charge in [0.05, 0.1) is 19.8 Å². The van der Waals surface area contributed by atoms with Crippen LogP contribution in [0.3, 0.4) is 0 Å². The molecule has 0 heterocycles. The summed E-state index contributed by atoms with van der Waals surface area (Å²) < 4.78 is 32.3. The molecular weight excluding hydrogens is 300 g/mol. The molecule has 0 aliphatic carbocycles. The molecule has 3 nitrogen and oxygen atoms in total. The molecule has 2 aromatic carbocycles. The topological polar surface area (TPSA) is 41.5 Å². The lowest BCUT2D eigenvalue weighted by molar-refractivity contribution is 0.230. The van der Waals surface area contributed by atoms with E-state index in [9.17, 15) is 13.9 Å². The third kappa shape index (κ3) is 4.27. The molecule has 0 aromatic heterocycles. The molecule has 0 aliphatic rings. The van der Waals surface area contributed by atoms with Crippen molar-refractivity contribution in [2.24, 2.45) is 0 Å². The van der Waals surface area contributed by atoms with Crippen molar-refractivity contribution in [3.05, 3.63) is 65.2 Å². The van der Waals surface area contributed by atoms with Crippen LogP contribution in [0.2, 0.25) is 0 Å². The highest BCUT2D eigenvalue weighted by atomic mass is 19.1. The van der Waals surface area contributed by atoms with Crippen LogP contribution >= 0.6 is 0 Å². The molecule has 2 aromatic rings. The minimum absolute atomic E-state index is 0.146. The molecule has 0 saturated heterocycles. The maximum Gasteiger partial charge on any atom is 0.130 e. The Bertz CT molecular complexity index is 649. The Hall–Kier alpha value is -1.98. The quantitative estimate of drug-likeness (QED) is 0.816. The van der Waals surface area contributed by atoms with Gasteiger partial charge in [-0.3, -0.25) is 0 Å². The zero-order valence-corrected chi connectivity index (χ0v) is 13.2. The molecule has 2 unspecified atom stereocenters. The normalized spacial score (nSPS) is 13.6. The van der Waals surface area contributed by atoms with Crippen molar-refractivity contribution in [2.45, 2.75) is 25.4 Å². The first-order chi connectivity index (χ1) is 11.1. The van der Waals surface area contributed by atoms with E-state index in [0.717, 1.165) is 11.6 Å². The van der Waals surface area contributed by atoms with Crippen LogP contribution in [0.15, 0.2) is 42.5 Å². The van der Waals surface area contributed by atoms with Gasteiger partial charge >= 0.3 is 0 Å². The second kappa shape index (κ2) is 8.04. The number of methoxy groups -OCH3 is 1. The third-order valence-corrected chi connectivity index (χ3v) is 3.83. The third-order valence-electron chi connectivity index (χ3n) is 3.83. The molecule has 0 amide bonds. The van der Waals surface area contributed by atoms with Gasteiger partial charge in [-0.05, 0) is 30.2 Å². The smallest absolute Gasteiger partial charge is 0.130 e. The summed E-state index contributed by atoms with van der Waals surface area (Å²) in [5.41, 5.74) is 1.23. The Labute approximate surface area is 134 Å². The summed E-state index contributed by atoms with van der Waals surface area (Å²) in [5, 5.41) is 12.9. The lowest BCUT2D eigenvalue weighted by atomic mass is 10.00. The molecular formula is C18H21F2NO2. The van der Waals surface area contributed by atoms with Crippen LogP contribution in [0.5, 0.6) is 5.75 Å². The summed E-state index contributed by atoms with van der Waals surface area (Å²) in [4.78, 5) is 0. The van der Waals surface area contributed by atoms with Crippen molar-refractivity contribution in [3.8, 4) is 5.75 Å². The highest BCUT2D eigenvalue weighted by Crippen LogP contribution is 2.26. The van der Waals surface area contributed by atoms with E-state index in [-0.39, 0.29) is 18.7 Å². The molecule has 0 aliphatic heterocycles. The minimum Gasteiger partial charge on any atom is -0.497 e. The fourth-order valence-electron chi connectivity index (χ4n) is 2.57. The molecule has 124 valence electrons. The fourth-order valence-corrected chi connectivity index (χ4v) is 2.57. The standard InChI is InChI=1S/C18H21F2NO2/c1-3-17(15-8-7-13(19)10-16(15)20)21-18(11-22)12-5-4-6-14(9-12)23-2/h4-10,17-18,21-22H,3,11H2,1-2H3. The van der Waals surface area contributed by atoms with Gasteiger partial charge in [0.25, 0.3) is 0 Å². The van der Waals surface area contributed by atoms with Crippen molar-refractivity contribution in [3.63, 3.8) is 0 Å². The lowest BCUT2D eigenvalue weighted by Gasteiger charge is -2.25. The van der Waals surface area contributed by atoms with E-state index < -0.39 is 11.6 Å². The van der Waals surface area contributed by atoms with E-state index >= 15 is 0 Å². The maximum atomic E-state index is 14.0. The molecule has 2 rings (SSSR count). The van der Waals surface area contributed by atoms with Gasteiger partial charge in [0.1, 0.15) is 17.4 Å². The van der Waals surface area contributed by atoms with Gasteiger partial charge in [-0.25, -0.2) is 8.78 Å². The molecule has 2 N–H and O–H groups in total. The molecule has 0 fully saturated rings. The Morgan fingerprint density at radius 3 is 2.52 bits per heavy atom. The largest absolute Gasteiger partial charge is 0.497 e. The van der Waals surface area contributed by atoms with Crippen molar-refractivity contribution >= 4 is 0 Å². The van der Waals surface area contributed by atoms with Crippen LogP contribution in [0.1, 0.15) is 36.6 Å². The Morgan fingerprint density at radius 1 is 1.13 bits per heavy atom. The first kappa shape index (κ1) is 17.4. The summed E-state index contributed by atoms with van der Waals surface area (Å²) >= 11 is 0. The monoisotopic (exact) mass is 321 g/mol. The van der Waals surface area contributed by atoms with Crippen LogP contribution < -0.4 is 10.1 Å². The zero-order valence-electron chi connectivity index (χ0n) is 13.2. The van der Waals surface area contributed by atoms with Gasteiger partial charge in [0, 0.05) is 17.7 Å². The number of aliphatic hydroxyl groups is 1. The van der Waals surface area contributed by atoms with E-state index in [1.54, 1.807) is 7.11 Å². The Balaban J connectivity index is 2.24. The fraction of sp³-hybridized carbons (Fsp3) is 0.333. The molecule has 2 atom stereocenters. The number of aliphatic hydroxyl groups excluding tert-OH is 1. The predicted octanol–water partition coefficient (Wildman–Crippen LogP) is 3.75. The van der Waals surface area contributed by atoms with Gasteiger partial charge in [0.2, 0.25) is 0 Å². The van der Waals surface area contributed by atoms with Gasteiger partial charge in [0.15, 0.2) is 0 Å².